The van der Waals surface area contributed by atoms with Crippen molar-refractivity contribution in [2.75, 3.05) is 10.9 Å². The van der Waals surface area contributed by atoms with E-state index in [0.717, 1.165) is 10.1 Å². The molecule has 1 amide bonds. The highest BCUT2D eigenvalue weighted by atomic mass is 32.2. The van der Waals surface area contributed by atoms with E-state index in [1.54, 1.807) is 90.9 Å². The minimum Gasteiger partial charge on any atom is -0.461 e. The van der Waals surface area contributed by atoms with E-state index in [0.29, 0.717) is 9.87 Å². The highest BCUT2D eigenvalue weighted by Crippen LogP contribution is 2.37. The number of fused-ring (bicyclic) bond motifs is 1. The third-order valence-electron chi connectivity index (χ3n) is 6.93. The van der Waals surface area contributed by atoms with Gasteiger partial charge in [0.25, 0.3) is 10.0 Å². The van der Waals surface area contributed by atoms with Crippen LogP contribution >= 0.6 is 0 Å². The highest BCUT2D eigenvalue weighted by Gasteiger charge is 2.38. The summed E-state index contributed by atoms with van der Waals surface area (Å²) < 4.78 is 46.7. The number of pyridine rings is 1. The van der Waals surface area contributed by atoms with Gasteiger partial charge < -0.3 is 14.2 Å². The molecule has 0 N–H and O–H groups in total. The van der Waals surface area contributed by atoms with Gasteiger partial charge in [-0.25, -0.2) is 32.4 Å². The van der Waals surface area contributed by atoms with Crippen molar-refractivity contribution in [3.63, 3.8) is 0 Å². The Kier molecular flexibility index (Phi) is 9.83. The van der Waals surface area contributed by atoms with E-state index >= 15 is 0 Å². The van der Waals surface area contributed by atoms with E-state index in [4.69, 9.17) is 14.2 Å². The fourth-order valence-corrected chi connectivity index (χ4v) is 6.15. The largest absolute Gasteiger partial charge is 0.461 e. The van der Waals surface area contributed by atoms with Gasteiger partial charge >= 0.3 is 18.2 Å². The maximum absolute atomic E-state index is 14.3. The number of amides is 1. The number of carbonyl (C=O) groups is 3. The van der Waals surface area contributed by atoms with Crippen LogP contribution in [0.3, 0.4) is 0 Å². The molecule has 4 rings (SSSR count). The number of aromatic nitrogens is 2. The monoisotopic (exact) mass is 677 g/mol. The second-order valence-corrected chi connectivity index (χ2v) is 16.0. The summed E-state index contributed by atoms with van der Waals surface area (Å²) in [4.78, 5) is 45.5. The van der Waals surface area contributed by atoms with Crippen LogP contribution in [0.25, 0.3) is 22.2 Å². The van der Waals surface area contributed by atoms with Crippen LogP contribution in [0.1, 0.15) is 85.3 Å². The number of hydrogen-bond donors (Lipinski definition) is 0. The number of nitrogens with zero attached hydrogens (tertiary/aromatic N) is 3. The van der Waals surface area contributed by atoms with Gasteiger partial charge in [-0.2, -0.15) is 4.31 Å². The Morgan fingerprint density at radius 3 is 1.90 bits per heavy atom. The molecule has 0 aliphatic rings. The van der Waals surface area contributed by atoms with Gasteiger partial charge in [0.1, 0.15) is 16.9 Å². The first-order valence-electron chi connectivity index (χ1n) is 15.6. The summed E-state index contributed by atoms with van der Waals surface area (Å²) in [5.74, 6) is -1.14. The summed E-state index contributed by atoms with van der Waals surface area (Å²) in [6.07, 6.45) is -2.06. The SMILES string of the molecule is CCOC(=O)c1c(-c2ccccc2)c2nc(N(C(=O)OC(C)(C)C)S(=O)(=O)c3ccc(C(C)(C)C)cc3)ccc2n1C(=O)OC(C)(C)C. The van der Waals surface area contributed by atoms with Crippen molar-refractivity contribution in [2.45, 2.75) is 90.7 Å². The van der Waals surface area contributed by atoms with Crippen molar-refractivity contribution in [3.8, 4) is 11.1 Å². The predicted octanol–water partition coefficient (Wildman–Crippen LogP) is 8.09. The molecule has 0 aliphatic heterocycles. The summed E-state index contributed by atoms with van der Waals surface area (Å²) >= 11 is 0. The molecule has 11 nitrogen and oxygen atoms in total. The quantitative estimate of drug-likeness (QED) is 0.147. The summed E-state index contributed by atoms with van der Waals surface area (Å²) in [5, 5.41) is 0. The molecule has 0 unspecified atom stereocenters. The van der Waals surface area contributed by atoms with E-state index in [1.807, 2.05) is 20.8 Å². The third-order valence-corrected chi connectivity index (χ3v) is 8.62. The lowest BCUT2D eigenvalue weighted by atomic mass is 9.87. The Morgan fingerprint density at radius 2 is 1.38 bits per heavy atom. The van der Waals surface area contributed by atoms with E-state index < -0.39 is 39.4 Å². The van der Waals surface area contributed by atoms with Crippen LogP contribution in [0.5, 0.6) is 0 Å². The molecule has 12 heteroatoms. The van der Waals surface area contributed by atoms with Gasteiger partial charge in [0.2, 0.25) is 0 Å². The first-order valence-corrected chi connectivity index (χ1v) is 17.0. The lowest BCUT2D eigenvalue weighted by Gasteiger charge is -2.27. The van der Waals surface area contributed by atoms with Crippen LogP contribution in [0, 0.1) is 0 Å². The first-order chi connectivity index (χ1) is 22.2. The number of rotatable bonds is 6. The van der Waals surface area contributed by atoms with E-state index in [2.05, 4.69) is 4.98 Å². The Labute approximate surface area is 281 Å². The number of sulfonamides is 1. The summed E-state index contributed by atoms with van der Waals surface area (Å²) in [7, 11) is -4.60. The van der Waals surface area contributed by atoms with Crippen LogP contribution < -0.4 is 4.31 Å². The smallest absolute Gasteiger partial charge is 0.430 e. The zero-order valence-electron chi connectivity index (χ0n) is 29.1. The van der Waals surface area contributed by atoms with Crippen molar-refractivity contribution >= 4 is 45.0 Å². The predicted molar refractivity (Wildman–Crippen MR) is 184 cm³/mol. The molecule has 4 aromatic rings. The molecular weight excluding hydrogens is 634 g/mol. The summed E-state index contributed by atoms with van der Waals surface area (Å²) in [6.45, 7) is 17.6. The fourth-order valence-electron chi connectivity index (χ4n) is 4.88. The number of benzene rings is 2. The Morgan fingerprint density at radius 1 is 0.792 bits per heavy atom. The molecule has 0 saturated carbocycles. The average Bonchev–Trinajstić information content (AvgIpc) is 3.30. The van der Waals surface area contributed by atoms with Crippen LogP contribution in [0.2, 0.25) is 0 Å². The molecular formula is C36H43N3O8S. The maximum Gasteiger partial charge on any atom is 0.430 e. The van der Waals surface area contributed by atoms with Crippen molar-refractivity contribution in [1.82, 2.24) is 9.55 Å². The topological polar surface area (TPSA) is 134 Å². The fraction of sp³-hybridized carbons (Fsp3) is 0.389. The number of carbonyl (C=O) groups excluding carboxylic acids is 3. The van der Waals surface area contributed by atoms with Gasteiger partial charge in [-0.15, -0.1) is 0 Å². The van der Waals surface area contributed by atoms with Crippen molar-refractivity contribution in [1.29, 1.82) is 0 Å². The molecule has 2 aromatic carbocycles. The summed E-state index contributed by atoms with van der Waals surface area (Å²) in [5.41, 5.74) is -0.638. The number of anilines is 1. The number of ether oxygens (including phenoxy) is 3. The Bertz CT molecular complexity index is 1950. The van der Waals surface area contributed by atoms with E-state index in [9.17, 15) is 22.8 Å². The second-order valence-electron chi connectivity index (χ2n) is 14.2. The molecule has 0 spiro atoms. The molecule has 0 radical (unpaired) electrons. The maximum atomic E-state index is 14.3. The van der Waals surface area contributed by atoms with E-state index in [1.165, 1.54) is 24.3 Å². The molecule has 0 fully saturated rings. The van der Waals surface area contributed by atoms with Crippen LogP contribution in [-0.2, 0) is 29.6 Å². The highest BCUT2D eigenvalue weighted by molar-refractivity contribution is 7.93. The van der Waals surface area contributed by atoms with Gasteiger partial charge in [0.15, 0.2) is 5.82 Å². The van der Waals surface area contributed by atoms with Gasteiger partial charge in [-0.3, -0.25) is 0 Å². The minimum atomic E-state index is -4.60. The molecule has 0 bridgehead atoms. The van der Waals surface area contributed by atoms with Crippen molar-refractivity contribution < 1.29 is 37.0 Å². The summed E-state index contributed by atoms with van der Waals surface area (Å²) in [6, 6.07) is 17.6. The van der Waals surface area contributed by atoms with Gasteiger partial charge in [0.05, 0.1) is 22.5 Å². The molecule has 0 saturated heterocycles. The minimum absolute atomic E-state index is 0.0141. The standard InChI is InChI=1S/C36H43N3O8S/c1-11-45-31(40)30-28(23-15-13-12-14-16-23)29-26(38(30)32(41)46-35(5,6)7)21-22-27(37-29)39(33(42)47-36(8,9)10)48(43,44)25-19-17-24(18-20-25)34(2,3)4/h12-22H,11H2,1-10H3. The molecule has 0 atom stereocenters. The third kappa shape index (κ3) is 7.70. The molecule has 256 valence electrons. The average molecular weight is 678 g/mol. The van der Waals surface area contributed by atoms with Gasteiger partial charge in [-0.05, 0) is 89.3 Å². The molecule has 2 aromatic heterocycles. The second kappa shape index (κ2) is 13.1. The lowest BCUT2D eigenvalue weighted by molar-refractivity contribution is 0.0455. The Balaban J connectivity index is 2.07. The number of hydrogen-bond acceptors (Lipinski definition) is 9. The number of esters is 1. The zero-order chi connectivity index (χ0) is 35.8. The molecule has 0 aliphatic carbocycles. The first kappa shape index (κ1) is 36.1. The zero-order valence-corrected chi connectivity index (χ0v) is 29.9. The lowest BCUT2D eigenvalue weighted by Crippen LogP contribution is -2.41. The van der Waals surface area contributed by atoms with Crippen LogP contribution in [0.4, 0.5) is 15.4 Å². The van der Waals surface area contributed by atoms with Gasteiger partial charge in [0, 0.05) is 5.56 Å². The van der Waals surface area contributed by atoms with Crippen LogP contribution in [-0.4, -0.2) is 53.9 Å². The molecule has 2 heterocycles. The van der Waals surface area contributed by atoms with E-state index in [-0.39, 0.29) is 45.0 Å². The molecule has 48 heavy (non-hydrogen) atoms. The normalized spacial score (nSPS) is 12.5. The van der Waals surface area contributed by atoms with Gasteiger partial charge in [-0.1, -0.05) is 63.2 Å². The van der Waals surface area contributed by atoms with Crippen LogP contribution in [0.15, 0.2) is 71.6 Å². The van der Waals surface area contributed by atoms with Crippen molar-refractivity contribution in [2.24, 2.45) is 0 Å². The van der Waals surface area contributed by atoms with Crippen molar-refractivity contribution in [3.05, 3.63) is 78.0 Å². The Hall–Kier alpha value is -4.71.